The maximum Gasteiger partial charge on any atom is 0.404 e. The van der Waals surface area contributed by atoms with Gasteiger partial charge in [-0.05, 0) is 37.4 Å². The van der Waals surface area contributed by atoms with Crippen LogP contribution in [0.2, 0.25) is 0 Å². The van der Waals surface area contributed by atoms with Gasteiger partial charge in [-0.3, -0.25) is 4.79 Å². The Morgan fingerprint density at radius 3 is 2.92 bits per heavy atom. The lowest BCUT2D eigenvalue weighted by Crippen LogP contribution is -2.47. The highest BCUT2D eigenvalue weighted by atomic mass is 32.1. The summed E-state index contributed by atoms with van der Waals surface area (Å²) in [6.45, 7) is 3.07. The van der Waals surface area contributed by atoms with E-state index in [1.807, 2.05) is 17.9 Å². The minimum absolute atomic E-state index is 0.0389. The second kappa shape index (κ2) is 7.52. The van der Waals surface area contributed by atoms with Gasteiger partial charge in [0.25, 0.3) is 5.91 Å². The molecule has 5 N–H and O–H groups in total. The molecule has 1 unspecified atom stereocenters. The summed E-state index contributed by atoms with van der Waals surface area (Å²) in [6, 6.07) is 1.65. The van der Waals surface area contributed by atoms with Gasteiger partial charge >= 0.3 is 6.09 Å². The van der Waals surface area contributed by atoms with E-state index in [1.165, 1.54) is 17.7 Å². The van der Waals surface area contributed by atoms with Crippen molar-refractivity contribution < 1.29 is 14.7 Å². The van der Waals surface area contributed by atoms with Crippen molar-refractivity contribution in [3.63, 3.8) is 0 Å². The average Bonchev–Trinajstić information content (AvgIpc) is 2.99. The van der Waals surface area contributed by atoms with Crippen molar-refractivity contribution in [2.24, 2.45) is 5.73 Å². The highest BCUT2D eigenvalue weighted by Gasteiger charge is 2.24. The molecule has 2 aromatic rings. The van der Waals surface area contributed by atoms with E-state index < -0.39 is 12.0 Å². The molecule has 0 saturated carbocycles. The summed E-state index contributed by atoms with van der Waals surface area (Å²) in [5, 5.41) is 15.2. The van der Waals surface area contributed by atoms with Gasteiger partial charge in [0, 0.05) is 19.1 Å². The predicted molar refractivity (Wildman–Crippen MR) is 97.1 cm³/mol. The van der Waals surface area contributed by atoms with Crippen molar-refractivity contribution in [3.8, 4) is 0 Å². The molecule has 1 aliphatic heterocycles. The average molecular weight is 377 g/mol. The molecule has 1 saturated heterocycles. The van der Waals surface area contributed by atoms with Gasteiger partial charge in [-0.2, -0.15) is 4.37 Å². The van der Waals surface area contributed by atoms with Crippen LogP contribution in [0, 0.1) is 6.92 Å². The number of hydrogen-bond acceptors (Lipinski definition) is 8. The predicted octanol–water partition coefficient (Wildman–Crippen LogP) is 1.32. The number of carbonyl (C=O) groups is 2. The van der Waals surface area contributed by atoms with Gasteiger partial charge in [-0.15, -0.1) is 0 Å². The standard InChI is InChI=1S/C15H19N7O3S/c1-8-5-11(26-21-8)20-14-12(13(16)23)17-6-10(19-14)22-4-2-3-9(7-22)18-15(24)25/h5-6,9,18H,2-4,7H2,1H3,(H2,16,23)(H,19,20)(H,24,25). The first-order valence-electron chi connectivity index (χ1n) is 8.04. The van der Waals surface area contributed by atoms with Gasteiger partial charge in [0.05, 0.1) is 11.9 Å². The summed E-state index contributed by atoms with van der Waals surface area (Å²) in [5.74, 6) is 0.124. The number of amides is 2. The third kappa shape index (κ3) is 4.17. The fraction of sp³-hybridized carbons (Fsp3) is 0.400. The number of piperidine rings is 1. The monoisotopic (exact) mass is 377 g/mol. The molecular formula is C15H19N7O3S. The number of hydrogen-bond donors (Lipinski definition) is 4. The van der Waals surface area contributed by atoms with E-state index in [-0.39, 0.29) is 17.6 Å². The molecule has 1 aliphatic rings. The second-order valence-electron chi connectivity index (χ2n) is 5.98. The number of carbonyl (C=O) groups excluding carboxylic acids is 1. The molecule has 0 spiro atoms. The van der Waals surface area contributed by atoms with Crippen LogP contribution >= 0.6 is 11.5 Å². The molecule has 138 valence electrons. The Kier molecular flexibility index (Phi) is 5.16. The van der Waals surface area contributed by atoms with Crippen LogP contribution in [-0.4, -0.2) is 50.6 Å². The Balaban J connectivity index is 1.84. The molecule has 2 amide bonds. The quantitative estimate of drug-likeness (QED) is 0.610. The molecule has 0 bridgehead atoms. The van der Waals surface area contributed by atoms with Crippen LogP contribution in [0.1, 0.15) is 29.0 Å². The minimum Gasteiger partial charge on any atom is -0.465 e. The highest BCUT2D eigenvalue weighted by Crippen LogP contribution is 2.25. The summed E-state index contributed by atoms with van der Waals surface area (Å²) in [5.41, 5.74) is 6.28. The zero-order chi connectivity index (χ0) is 18.7. The smallest absolute Gasteiger partial charge is 0.404 e. The summed E-state index contributed by atoms with van der Waals surface area (Å²) in [7, 11) is 0. The Labute approximate surface area is 153 Å². The molecule has 0 aromatic carbocycles. The number of anilines is 3. The van der Waals surface area contributed by atoms with Crippen molar-refractivity contribution in [1.82, 2.24) is 19.7 Å². The van der Waals surface area contributed by atoms with E-state index in [9.17, 15) is 9.59 Å². The zero-order valence-corrected chi connectivity index (χ0v) is 14.9. The number of nitrogens with one attached hydrogen (secondary N) is 2. The van der Waals surface area contributed by atoms with Gasteiger partial charge in [-0.1, -0.05) is 0 Å². The molecule has 1 fully saturated rings. The van der Waals surface area contributed by atoms with Gasteiger partial charge < -0.3 is 26.4 Å². The normalized spacial score (nSPS) is 17.0. The molecule has 11 heteroatoms. The molecule has 2 aromatic heterocycles. The molecule has 26 heavy (non-hydrogen) atoms. The Morgan fingerprint density at radius 2 is 2.27 bits per heavy atom. The lowest BCUT2D eigenvalue weighted by molar-refractivity contribution is 0.0996. The van der Waals surface area contributed by atoms with Crippen LogP contribution < -0.4 is 21.3 Å². The third-order valence-electron chi connectivity index (χ3n) is 3.94. The lowest BCUT2D eigenvalue weighted by Gasteiger charge is -2.33. The van der Waals surface area contributed by atoms with Gasteiger partial charge in [0.15, 0.2) is 11.5 Å². The largest absolute Gasteiger partial charge is 0.465 e. The first-order valence-corrected chi connectivity index (χ1v) is 8.81. The number of rotatable bonds is 5. The van der Waals surface area contributed by atoms with Crippen molar-refractivity contribution in [3.05, 3.63) is 23.7 Å². The maximum absolute atomic E-state index is 11.7. The van der Waals surface area contributed by atoms with Crippen molar-refractivity contribution in [2.45, 2.75) is 25.8 Å². The van der Waals surface area contributed by atoms with E-state index in [0.29, 0.717) is 12.4 Å². The van der Waals surface area contributed by atoms with E-state index in [4.69, 9.17) is 10.8 Å². The summed E-state index contributed by atoms with van der Waals surface area (Å²) in [4.78, 5) is 33.1. The summed E-state index contributed by atoms with van der Waals surface area (Å²) in [6.07, 6.45) is 2.02. The Hall–Kier alpha value is -2.95. The molecule has 3 rings (SSSR count). The van der Waals surface area contributed by atoms with Gasteiger partial charge in [0.1, 0.15) is 10.8 Å². The maximum atomic E-state index is 11.7. The molecule has 1 atom stereocenters. The first-order chi connectivity index (χ1) is 12.4. The Morgan fingerprint density at radius 1 is 1.46 bits per heavy atom. The van der Waals surface area contributed by atoms with Crippen LogP contribution in [0.3, 0.4) is 0 Å². The molecule has 10 nitrogen and oxygen atoms in total. The van der Waals surface area contributed by atoms with Crippen molar-refractivity contribution in [1.29, 1.82) is 0 Å². The van der Waals surface area contributed by atoms with Crippen LogP contribution in [0.25, 0.3) is 0 Å². The highest BCUT2D eigenvalue weighted by molar-refractivity contribution is 7.10. The first kappa shape index (κ1) is 17.9. The lowest BCUT2D eigenvalue weighted by atomic mass is 10.1. The summed E-state index contributed by atoms with van der Waals surface area (Å²) < 4.78 is 4.18. The zero-order valence-electron chi connectivity index (χ0n) is 14.1. The number of nitrogens with two attached hydrogens (primary N) is 1. The fourth-order valence-corrected chi connectivity index (χ4v) is 3.48. The van der Waals surface area contributed by atoms with Crippen LogP contribution in [0.15, 0.2) is 12.3 Å². The fourth-order valence-electron chi connectivity index (χ4n) is 2.82. The number of nitrogens with zero attached hydrogens (tertiary/aromatic N) is 4. The number of aryl methyl sites for hydroxylation is 1. The molecule has 3 heterocycles. The van der Waals surface area contributed by atoms with Gasteiger partial charge in [-0.25, -0.2) is 14.8 Å². The summed E-state index contributed by atoms with van der Waals surface area (Å²) >= 11 is 1.24. The third-order valence-corrected chi connectivity index (χ3v) is 4.73. The van der Waals surface area contributed by atoms with E-state index in [1.54, 1.807) is 0 Å². The van der Waals surface area contributed by atoms with Crippen molar-refractivity contribution in [2.75, 3.05) is 23.3 Å². The van der Waals surface area contributed by atoms with E-state index in [2.05, 4.69) is 25.0 Å². The SMILES string of the molecule is Cc1cc(Nc2nc(N3CCCC(NC(=O)O)C3)cnc2C(N)=O)sn1. The van der Waals surface area contributed by atoms with Crippen LogP contribution in [0.5, 0.6) is 0 Å². The second-order valence-corrected chi connectivity index (χ2v) is 6.79. The molecule has 0 radical (unpaired) electrons. The van der Waals surface area contributed by atoms with Crippen LogP contribution in [0.4, 0.5) is 21.4 Å². The van der Waals surface area contributed by atoms with Crippen LogP contribution in [-0.2, 0) is 0 Å². The van der Waals surface area contributed by atoms with Gasteiger partial charge in [0.2, 0.25) is 0 Å². The molecule has 0 aliphatic carbocycles. The van der Waals surface area contributed by atoms with Crippen molar-refractivity contribution >= 4 is 40.2 Å². The Bertz CT molecular complexity index is 825. The number of aromatic nitrogens is 3. The number of carboxylic acid groups (broad SMARTS) is 1. The number of primary amides is 1. The topological polar surface area (TPSA) is 146 Å². The van der Waals surface area contributed by atoms with E-state index >= 15 is 0 Å². The minimum atomic E-state index is -1.05. The van der Waals surface area contributed by atoms with E-state index in [0.717, 1.165) is 30.1 Å². The molecular weight excluding hydrogens is 358 g/mol.